The lowest BCUT2D eigenvalue weighted by Gasteiger charge is -2.22. The highest BCUT2D eigenvalue weighted by Crippen LogP contribution is 2.23. The summed E-state index contributed by atoms with van der Waals surface area (Å²) in [5.41, 5.74) is 3.35. The highest BCUT2D eigenvalue weighted by atomic mass is 16.1. The monoisotopic (exact) mass is 355 g/mol. The summed E-state index contributed by atoms with van der Waals surface area (Å²) in [7, 11) is 0. The van der Waals surface area contributed by atoms with E-state index in [-0.39, 0.29) is 5.91 Å². The van der Waals surface area contributed by atoms with Crippen LogP contribution in [-0.2, 0) is 0 Å². The van der Waals surface area contributed by atoms with Crippen molar-refractivity contribution >= 4 is 23.1 Å². The molecule has 1 heterocycles. The molecule has 1 aromatic carbocycles. The molecule has 1 amide bonds. The smallest absolute Gasteiger partial charge is 0.274 e. The fourth-order valence-electron chi connectivity index (χ4n) is 2.79. The van der Waals surface area contributed by atoms with Crippen LogP contribution in [0.25, 0.3) is 0 Å². The van der Waals surface area contributed by atoms with Crippen molar-refractivity contribution in [1.29, 1.82) is 0 Å². The normalized spacial score (nSPS) is 10.5. The van der Waals surface area contributed by atoms with Crippen molar-refractivity contribution in [2.75, 3.05) is 35.2 Å². The van der Waals surface area contributed by atoms with E-state index in [9.17, 15) is 4.79 Å². The maximum Gasteiger partial charge on any atom is 0.274 e. The lowest BCUT2D eigenvalue weighted by atomic mass is 10.1. The second-order valence-corrected chi connectivity index (χ2v) is 6.24. The second kappa shape index (κ2) is 9.17. The van der Waals surface area contributed by atoms with Crippen LogP contribution >= 0.6 is 0 Å². The molecule has 2 rings (SSSR count). The van der Waals surface area contributed by atoms with Crippen molar-refractivity contribution in [2.24, 2.45) is 0 Å². The van der Waals surface area contributed by atoms with Crippen molar-refractivity contribution in [3.63, 3.8) is 0 Å². The highest BCUT2D eigenvalue weighted by molar-refractivity contribution is 6.03. The van der Waals surface area contributed by atoms with E-state index in [1.807, 2.05) is 19.1 Å². The first-order chi connectivity index (χ1) is 12.5. The molecule has 0 aliphatic rings. The Labute approximate surface area is 156 Å². The Balaban J connectivity index is 2.18. The molecule has 0 aliphatic carbocycles. The van der Waals surface area contributed by atoms with E-state index in [0.717, 1.165) is 43.0 Å². The Morgan fingerprint density at radius 2 is 1.81 bits per heavy atom. The molecule has 0 bridgehead atoms. The van der Waals surface area contributed by atoms with E-state index in [4.69, 9.17) is 0 Å². The molecule has 0 radical (unpaired) electrons. The molecule has 6 nitrogen and oxygen atoms in total. The van der Waals surface area contributed by atoms with Gasteiger partial charge in [0.05, 0.1) is 0 Å². The minimum atomic E-state index is -0.228. The van der Waals surface area contributed by atoms with Crippen molar-refractivity contribution in [2.45, 2.75) is 41.0 Å². The van der Waals surface area contributed by atoms with Crippen LogP contribution in [0.2, 0.25) is 0 Å². The summed E-state index contributed by atoms with van der Waals surface area (Å²) in [6.45, 7) is 12.9. The van der Waals surface area contributed by atoms with E-state index in [1.54, 1.807) is 13.0 Å². The molecule has 140 valence electrons. The number of hydrogen-bond acceptors (Lipinski definition) is 5. The molecular formula is C20H29N5O. The molecule has 26 heavy (non-hydrogen) atoms. The van der Waals surface area contributed by atoms with E-state index < -0.39 is 0 Å². The first-order valence-corrected chi connectivity index (χ1v) is 9.24. The maximum atomic E-state index is 12.6. The molecule has 0 unspecified atom stereocenters. The zero-order chi connectivity index (χ0) is 19.1. The van der Waals surface area contributed by atoms with Crippen LogP contribution in [0.3, 0.4) is 0 Å². The average molecular weight is 355 g/mol. The first-order valence-electron chi connectivity index (χ1n) is 9.24. The highest BCUT2D eigenvalue weighted by Gasteiger charge is 2.13. The van der Waals surface area contributed by atoms with Crippen LogP contribution in [-0.4, -0.2) is 35.5 Å². The Kier molecular flexibility index (Phi) is 6.95. The van der Waals surface area contributed by atoms with Gasteiger partial charge in [0, 0.05) is 37.1 Å². The fraction of sp³-hybridized carbons (Fsp3) is 0.450. The Bertz CT molecular complexity index is 756. The SMILES string of the molecule is CCCNc1cc(C(=O)Nc2ccc(N(CC)CC)cc2C)nc(C)n1. The number of aromatic nitrogens is 2. The molecule has 0 aliphatic heterocycles. The van der Waals surface area contributed by atoms with Crippen molar-refractivity contribution < 1.29 is 4.79 Å². The van der Waals surface area contributed by atoms with Crippen LogP contribution in [0.1, 0.15) is 49.1 Å². The van der Waals surface area contributed by atoms with Crippen molar-refractivity contribution in [3.8, 4) is 0 Å². The van der Waals surface area contributed by atoms with Crippen LogP contribution in [0.5, 0.6) is 0 Å². The molecule has 6 heteroatoms. The molecule has 0 atom stereocenters. The molecule has 2 N–H and O–H groups in total. The zero-order valence-electron chi connectivity index (χ0n) is 16.4. The molecular weight excluding hydrogens is 326 g/mol. The minimum Gasteiger partial charge on any atom is -0.372 e. The van der Waals surface area contributed by atoms with Gasteiger partial charge in [0.25, 0.3) is 5.91 Å². The van der Waals surface area contributed by atoms with Crippen LogP contribution in [0.15, 0.2) is 24.3 Å². The van der Waals surface area contributed by atoms with E-state index >= 15 is 0 Å². The van der Waals surface area contributed by atoms with Gasteiger partial charge in [-0.2, -0.15) is 0 Å². The Morgan fingerprint density at radius 1 is 1.08 bits per heavy atom. The summed E-state index contributed by atoms with van der Waals surface area (Å²) >= 11 is 0. The zero-order valence-corrected chi connectivity index (χ0v) is 16.4. The van der Waals surface area contributed by atoms with Gasteiger partial charge in [0.2, 0.25) is 0 Å². The number of hydrogen-bond donors (Lipinski definition) is 2. The van der Waals surface area contributed by atoms with Gasteiger partial charge in [-0.1, -0.05) is 6.92 Å². The standard InChI is InChI=1S/C20H29N5O/c1-6-11-21-19-13-18(22-15(5)23-19)20(26)24-17-10-9-16(12-14(17)4)25(7-2)8-3/h9-10,12-13H,6-8,11H2,1-5H3,(H,24,26)(H,21,22,23). The van der Waals surface area contributed by atoms with Crippen molar-refractivity contribution in [3.05, 3.63) is 41.3 Å². The molecule has 0 saturated heterocycles. The number of rotatable bonds is 8. The van der Waals surface area contributed by atoms with Gasteiger partial charge in [-0.05, 0) is 57.9 Å². The number of amides is 1. The third-order valence-corrected chi connectivity index (χ3v) is 4.21. The summed E-state index contributed by atoms with van der Waals surface area (Å²) in [5.74, 6) is 1.02. The van der Waals surface area contributed by atoms with Gasteiger partial charge >= 0.3 is 0 Å². The van der Waals surface area contributed by atoms with Crippen LogP contribution in [0.4, 0.5) is 17.2 Å². The van der Waals surface area contributed by atoms with Crippen LogP contribution < -0.4 is 15.5 Å². The van der Waals surface area contributed by atoms with Crippen molar-refractivity contribution in [1.82, 2.24) is 9.97 Å². The van der Waals surface area contributed by atoms with Gasteiger partial charge in [0.1, 0.15) is 17.3 Å². The molecule has 0 fully saturated rings. The maximum absolute atomic E-state index is 12.6. The third-order valence-electron chi connectivity index (χ3n) is 4.21. The summed E-state index contributed by atoms with van der Waals surface area (Å²) in [6.07, 6.45) is 0.989. The van der Waals surface area contributed by atoms with Gasteiger partial charge in [-0.3, -0.25) is 4.79 Å². The Hall–Kier alpha value is -2.63. The predicted molar refractivity (Wildman–Crippen MR) is 108 cm³/mol. The fourth-order valence-corrected chi connectivity index (χ4v) is 2.79. The predicted octanol–water partition coefficient (Wildman–Crippen LogP) is 4.01. The average Bonchev–Trinajstić information content (AvgIpc) is 2.62. The summed E-state index contributed by atoms with van der Waals surface area (Å²) in [4.78, 5) is 23.5. The van der Waals surface area contributed by atoms with Gasteiger partial charge in [-0.25, -0.2) is 9.97 Å². The Morgan fingerprint density at radius 3 is 2.42 bits per heavy atom. The van der Waals surface area contributed by atoms with Crippen LogP contribution in [0, 0.1) is 13.8 Å². The van der Waals surface area contributed by atoms with E-state index in [2.05, 4.69) is 52.3 Å². The third kappa shape index (κ3) is 4.94. The molecule has 2 aromatic rings. The quantitative estimate of drug-likeness (QED) is 0.748. The number of aryl methyl sites for hydroxylation is 2. The summed E-state index contributed by atoms with van der Waals surface area (Å²) < 4.78 is 0. The number of benzene rings is 1. The van der Waals surface area contributed by atoms with Gasteiger partial charge in [-0.15, -0.1) is 0 Å². The van der Waals surface area contributed by atoms with E-state index in [1.165, 1.54) is 0 Å². The lowest BCUT2D eigenvalue weighted by molar-refractivity contribution is 0.102. The molecule has 0 saturated carbocycles. The second-order valence-electron chi connectivity index (χ2n) is 6.24. The van der Waals surface area contributed by atoms with Gasteiger partial charge in [0.15, 0.2) is 0 Å². The summed E-state index contributed by atoms with van der Waals surface area (Å²) in [5, 5.41) is 6.17. The minimum absolute atomic E-state index is 0.228. The summed E-state index contributed by atoms with van der Waals surface area (Å²) in [6, 6.07) is 7.78. The van der Waals surface area contributed by atoms with Gasteiger partial charge < -0.3 is 15.5 Å². The number of carbonyl (C=O) groups is 1. The number of nitrogens with zero attached hydrogens (tertiary/aromatic N) is 3. The number of anilines is 3. The largest absolute Gasteiger partial charge is 0.372 e. The molecule has 1 aromatic heterocycles. The number of nitrogens with one attached hydrogen (secondary N) is 2. The number of carbonyl (C=O) groups excluding carboxylic acids is 1. The first kappa shape index (κ1) is 19.7. The molecule has 0 spiro atoms. The lowest BCUT2D eigenvalue weighted by Crippen LogP contribution is -2.22. The van der Waals surface area contributed by atoms with E-state index in [0.29, 0.717) is 17.3 Å². The topological polar surface area (TPSA) is 70.2 Å².